The highest BCUT2D eigenvalue weighted by molar-refractivity contribution is 8.14. The van der Waals surface area contributed by atoms with Crippen molar-refractivity contribution in [2.75, 3.05) is 18.8 Å². The van der Waals surface area contributed by atoms with Crippen molar-refractivity contribution in [3.05, 3.63) is 29.3 Å². The van der Waals surface area contributed by atoms with Gasteiger partial charge in [0.15, 0.2) is 0 Å². The van der Waals surface area contributed by atoms with Gasteiger partial charge in [0.1, 0.15) is 5.75 Å². The van der Waals surface area contributed by atoms with Crippen molar-refractivity contribution in [2.45, 2.75) is 13.3 Å². The molecule has 0 aliphatic carbocycles. The Labute approximate surface area is 126 Å². The number of imide groups is 1. The molecule has 1 aliphatic heterocycles. The van der Waals surface area contributed by atoms with Gasteiger partial charge in [-0.3, -0.25) is 19.3 Å². The Morgan fingerprint density at radius 3 is 2.81 bits per heavy atom. The number of thioether (sulfide) groups is 1. The third-order valence-electron chi connectivity index (χ3n) is 3.18. The van der Waals surface area contributed by atoms with E-state index in [2.05, 4.69) is 5.32 Å². The SMILES string of the molecule is Cc1cc(O)ccc1CC(=O)NCCN1C(=O)CSC1=O. The van der Waals surface area contributed by atoms with Crippen molar-refractivity contribution in [1.82, 2.24) is 10.2 Å². The lowest BCUT2D eigenvalue weighted by molar-refractivity contribution is -0.125. The summed E-state index contributed by atoms with van der Waals surface area (Å²) < 4.78 is 0. The van der Waals surface area contributed by atoms with Gasteiger partial charge >= 0.3 is 0 Å². The lowest BCUT2D eigenvalue weighted by Crippen LogP contribution is -2.38. The highest BCUT2D eigenvalue weighted by Crippen LogP contribution is 2.18. The first-order valence-electron chi connectivity index (χ1n) is 6.49. The number of hydrogen-bond acceptors (Lipinski definition) is 5. The molecular weight excluding hydrogens is 292 g/mol. The maximum Gasteiger partial charge on any atom is 0.288 e. The summed E-state index contributed by atoms with van der Waals surface area (Å²) in [7, 11) is 0. The number of benzene rings is 1. The molecule has 0 atom stereocenters. The van der Waals surface area contributed by atoms with Crippen LogP contribution in [0.2, 0.25) is 0 Å². The Morgan fingerprint density at radius 2 is 2.19 bits per heavy atom. The standard InChI is InChI=1S/C14H16N2O4S/c1-9-6-11(17)3-2-10(9)7-12(18)15-4-5-16-13(19)8-21-14(16)20/h2-3,6,17H,4-5,7-8H2,1H3,(H,15,18). The van der Waals surface area contributed by atoms with Crippen LogP contribution in [0.25, 0.3) is 0 Å². The minimum Gasteiger partial charge on any atom is -0.508 e. The fraction of sp³-hybridized carbons (Fsp3) is 0.357. The van der Waals surface area contributed by atoms with Crippen LogP contribution >= 0.6 is 11.8 Å². The minimum atomic E-state index is -0.261. The lowest BCUT2D eigenvalue weighted by Gasteiger charge is -2.13. The van der Waals surface area contributed by atoms with E-state index in [4.69, 9.17) is 0 Å². The van der Waals surface area contributed by atoms with Gasteiger partial charge in [-0.25, -0.2) is 0 Å². The predicted octanol–water partition coefficient (Wildman–Crippen LogP) is 1.05. The molecule has 1 heterocycles. The number of nitrogens with zero attached hydrogens (tertiary/aromatic N) is 1. The maximum atomic E-state index is 11.8. The van der Waals surface area contributed by atoms with Crippen LogP contribution in [0.15, 0.2) is 18.2 Å². The number of rotatable bonds is 5. The third kappa shape index (κ3) is 3.98. The summed E-state index contributed by atoms with van der Waals surface area (Å²) >= 11 is 0.979. The molecule has 3 amide bonds. The van der Waals surface area contributed by atoms with Crippen LogP contribution < -0.4 is 5.32 Å². The van der Waals surface area contributed by atoms with Crippen molar-refractivity contribution >= 4 is 28.8 Å². The zero-order chi connectivity index (χ0) is 15.4. The molecule has 0 bridgehead atoms. The van der Waals surface area contributed by atoms with E-state index in [1.54, 1.807) is 12.1 Å². The van der Waals surface area contributed by atoms with E-state index < -0.39 is 0 Å². The van der Waals surface area contributed by atoms with E-state index >= 15 is 0 Å². The van der Waals surface area contributed by atoms with E-state index in [1.807, 2.05) is 6.92 Å². The van der Waals surface area contributed by atoms with Crippen LogP contribution in [0.1, 0.15) is 11.1 Å². The highest BCUT2D eigenvalue weighted by atomic mass is 32.2. The molecule has 1 aliphatic rings. The molecule has 21 heavy (non-hydrogen) atoms. The number of nitrogens with one attached hydrogen (secondary N) is 1. The van der Waals surface area contributed by atoms with E-state index in [-0.39, 0.29) is 48.1 Å². The second-order valence-corrected chi connectivity index (χ2v) is 5.66. The zero-order valence-electron chi connectivity index (χ0n) is 11.6. The normalized spacial score (nSPS) is 14.6. The molecule has 0 aromatic heterocycles. The van der Waals surface area contributed by atoms with Crippen molar-refractivity contribution in [3.63, 3.8) is 0 Å². The van der Waals surface area contributed by atoms with Gasteiger partial charge in [0.2, 0.25) is 11.8 Å². The maximum absolute atomic E-state index is 11.8. The predicted molar refractivity (Wildman–Crippen MR) is 79.1 cm³/mol. The van der Waals surface area contributed by atoms with Crippen molar-refractivity contribution in [2.24, 2.45) is 0 Å². The Balaban J connectivity index is 1.80. The molecule has 0 unspecified atom stereocenters. The van der Waals surface area contributed by atoms with Gasteiger partial charge < -0.3 is 10.4 Å². The number of hydrogen-bond donors (Lipinski definition) is 2. The summed E-state index contributed by atoms with van der Waals surface area (Å²) in [4.78, 5) is 35.7. The molecule has 6 nitrogen and oxygen atoms in total. The summed E-state index contributed by atoms with van der Waals surface area (Å²) in [5.41, 5.74) is 1.67. The quantitative estimate of drug-likeness (QED) is 0.849. The minimum absolute atomic E-state index is 0.167. The summed E-state index contributed by atoms with van der Waals surface area (Å²) in [5.74, 6) is -0.0520. The van der Waals surface area contributed by atoms with E-state index in [0.29, 0.717) is 0 Å². The zero-order valence-corrected chi connectivity index (χ0v) is 12.4. The molecule has 2 N–H and O–H groups in total. The third-order valence-corrected chi connectivity index (χ3v) is 4.03. The number of aromatic hydroxyl groups is 1. The summed E-state index contributed by atoms with van der Waals surface area (Å²) in [5, 5.41) is 11.7. The first kappa shape index (κ1) is 15.4. The smallest absolute Gasteiger partial charge is 0.288 e. The molecule has 0 spiro atoms. The van der Waals surface area contributed by atoms with Gasteiger partial charge in [-0.05, 0) is 30.2 Å². The largest absolute Gasteiger partial charge is 0.508 e. The highest BCUT2D eigenvalue weighted by Gasteiger charge is 2.29. The number of aryl methyl sites for hydroxylation is 1. The number of carbonyl (C=O) groups excluding carboxylic acids is 3. The molecule has 0 radical (unpaired) electrons. The summed E-state index contributed by atoms with van der Waals surface area (Å²) in [6.07, 6.45) is 0.197. The molecule has 2 rings (SSSR count). The van der Waals surface area contributed by atoms with Crippen LogP contribution in [-0.4, -0.2) is 45.9 Å². The van der Waals surface area contributed by atoms with Crippen molar-refractivity contribution < 1.29 is 19.5 Å². The molecule has 0 saturated carbocycles. The van der Waals surface area contributed by atoms with Crippen LogP contribution in [0.3, 0.4) is 0 Å². The van der Waals surface area contributed by atoms with E-state index in [0.717, 1.165) is 27.8 Å². The lowest BCUT2D eigenvalue weighted by atomic mass is 10.1. The molecule has 7 heteroatoms. The Morgan fingerprint density at radius 1 is 1.43 bits per heavy atom. The molecule has 1 aromatic carbocycles. The molecule has 1 aromatic rings. The molecule has 1 fully saturated rings. The van der Waals surface area contributed by atoms with Crippen molar-refractivity contribution in [1.29, 1.82) is 0 Å². The van der Waals surface area contributed by atoms with Crippen LogP contribution in [0.5, 0.6) is 5.75 Å². The van der Waals surface area contributed by atoms with Gasteiger partial charge in [0.05, 0.1) is 12.2 Å². The number of phenols is 1. The molecule has 112 valence electrons. The van der Waals surface area contributed by atoms with Crippen LogP contribution in [-0.2, 0) is 16.0 Å². The Bertz CT molecular complexity index is 572. The number of phenolic OH excluding ortho intramolecular Hbond substituents is 1. The average Bonchev–Trinajstić information content (AvgIpc) is 2.74. The van der Waals surface area contributed by atoms with Gasteiger partial charge in [-0.1, -0.05) is 17.8 Å². The van der Waals surface area contributed by atoms with Crippen molar-refractivity contribution in [3.8, 4) is 5.75 Å². The van der Waals surface area contributed by atoms with Gasteiger partial charge in [0, 0.05) is 13.1 Å². The first-order chi connectivity index (χ1) is 9.97. The van der Waals surface area contributed by atoms with Gasteiger partial charge in [-0.15, -0.1) is 0 Å². The van der Waals surface area contributed by atoms with Crippen LogP contribution in [0.4, 0.5) is 4.79 Å². The monoisotopic (exact) mass is 308 g/mol. The van der Waals surface area contributed by atoms with Gasteiger partial charge in [0.25, 0.3) is 5.24 Å². The Hall–Kier alpha value is -2.02. The Kier molecular flexibility index (Phi) is 4.85. The summed E-state index contributed by atoms with van der Waals surface area (Å²) in [6.45, 7) is 2.26. The topological polar surface area (TPSA) is 86.7 Å². The fourth-order valence-electron chi connectivity index (χ4n) is 2.02. The first-order valence-corrected chi connectivity index (χ1v) is 7.48. The second kappa shape index (κ2) is 6.62. The molecular formula is C14H16N2O4S. The average molecular weight is 308 g/mol. The number of amides is 3. The van der Waals surface area contributed by atoms with Crippen LogP contribution in [0, 0.1) is 6.92 Å². The van der Waals surface area contributed by atoms with Gasteiger partial charge in [-0.2, -0.15) is 0 Å². The summed E-state index contributed by atoms with van der Waals surface area (Å²) in [6, 6.07) is 4.84. The number of carbonyl (C=O) groups is 3. The van der Waals surface area contributed by atoms with E-state index in [9.17, 15) is 19.5 Å². The fourth-order valence-corrected chi connectivity index (χ4v) is 2.77. The second-order valence-electron chi connectivity index (χ2n) is 4.74. The molecule has 1 saturated heterocycles. The van der Waals surface area contributed by atoms with E-state index in [1.165, 1.54) is 6.07 Å².